The Morgan fingerprint density at radius 1 is 1.23 bits per heavy atom. The summed E-state index contributed by atoms with van der Waals surface area (Å²) in [4.78, 5) is 0. The number of rotatable bonds is 8. The second kappa shape index (κ2) is 8.74. The molecule has 0 radical (unpaired) electrons. The molecule has 1 aliphatic rings. The van der Waals surface area contributed by atoms with E-state index >= 15 is 0 Å². The third kappa shape index (κ3) is 4.89. The zero-order valence-corrected chi connectivity index (χ0v) is 16.2. The Bertz CT molecular complexity index is 666. The molecule has 1 aromatic carbocycles. The molecular formula is C22H32NO3+. The number of hydrogen-bond donors (Lipinski definition) is 1. The van der Waals surface area contributed by atoms with E-state index in [1.54, 1.807) is 13.4 Å². The van der Waals surface area contributed by atoms with Gasteiger partial charge in [-0.2, -0.15) is 0 Å². The summed E-state index contributed by atoms with van der Waals surface area (Å²) in [6.45, 7) is 7.54. The first-order valence-electron chi connectivity index (χ1n) is 9.71. The zero-order valence-electron chi connectivity index (χ0n) is 16.2. The Labute approximate surface area is 156 Å². The second-order valence-electron chi connectivity index (χ2n) is 7.88. The van der Waals surface area contributed by atoms with Crippen molar-refractivity contribution in [3.8, 4) is 5.75 Å². The average molecular weight is 359 g/mol. The van der Waals surface area contributed by atoms with Crippen LogP contribution in [0.15, 0.2) is 47.1 Å². The van der Waals surface area contributed by atoms with Crippen molar-refractivity contribution in [3.05, 3.63) is 54.0 Å². The first kappa shape index (κ1) is 19.0. The van der Waals surface area contributed by atoms with E-state index in [0.717, 1.165) is 43.4 Å². The Kier molecular flexibility index (Phi) is 6.38. The molecule has 1 fully saturated rings. The lowest BCUT2D eigenvalue weighted by molar-refractivity contribution is -0.661. The van der Waals surface area contributed by atoms with Crippen molar-refractivity contribution >= 4 is 0 Å². The summed E-state index contributed by atoms with van der Waals surface area (Å²) in [6.07, 6.45) is 5.11. The van der Waals surface area contributed by atoms with E-state index in [1.165, 1.54) is 18.5 Å². The van der Waals surface area contributed by atoms with E-state index in [4.69, 9.17) is 13.9 Å². The van der Waals surface area contributed by atoms with Gasteiger partial charge in [0.25, 0.3) is 0 Å². The van der Waals surface area contributed by atoms with Crippen LogP contribution in [0.3, 0.4) is 0 Å². The molecule has 26 heavy (non-hydrogen) atoms. The lowest BCUT2D eigenvalue weighted by Gasteiger charge is -2.34. The molecule has 0 unspecified atom stereocenters. The van der Waals surface area contributed by atoms with E-state index in [1.807, 2.05) is 18.2 Å². The molecule has 2 atom stereocenters. The van der Waals surface area contributed by atoms with Gasteiger partial charge in [-0.1, -0.05) is 18.2 Å². The van der Waals surface area contributed by atoms with Crippen LogP contribution in [0.1, 0.15) is 50.4 Å². The van der Waals surface area contributed by atoms with Gasteiger partial charge in [-0.25, -0.2) is 0 Å². The summed E-state index contributed by atoms with van der Waals surface area (Å²) in [5, 5.41) is 2.46. The van der Waals surface area contributed by atoms with Crippen LogP contribution in [-0.2, 0) is 4.74 Å². The monoisotopic (exact) mass is 358 g/mol. The van der Waals surface area contributed by atoms with Crippen LogP contribution in [0.2, 0.25) is 0 Å². The van der Waals surface area contributed by atoms with Crippen LogP contribution in [0, 0.1) is 5.92 Å². The van der Waals surface area contributed by atoms with E-state index in [2.05, 4.69) is 37.4 Å². The molecule has 0 bridgehead atoms. The lowest BCUT2D eigenvalue weighted by atomic mass is 9.88. The van der Waals surface area contributed by atoms with E-state index in [-0.39, 0.29) is 11.5 Å². The van der Waals surface area contributed by atoms with Crippen molar-refractivity contribution < 1.29 is 19.2 Å². The Morgan fingerprint density at radius 3 is 2.81 bits per heavy atom. The van der Waals surface area contributed by atoms with Crippen molar-refractivity contribution in [2.75, 3.05) is 26.8 Å². The van der Waals surface area contributed by atoms with Crippen LogP contribution < -0.4 is 10.1 Å². The lowest BCUT2D eigenvalue weighted by Crippen LogP contribution is -2.86. The minimum Gasteiger partial charge on any atom is -0.496 e. The van der Waals surface area contributed by atoms with Gasteiger partial charge in [-0.15, -0.1) is 0 Å². The number of hydrogen-bond acceptors (Lipinski definition) is 3. The standard InChI is InChI=1S/C22H31NO3/c1-22(2)15-17(11-14-26-22)16-23-12-10-19(21-9-6-13-25-21)18-7-4-5-8-20(18)24-3/h4-9,13,17,19,23H,10-12,14-16H2,1-3H3/p+1/t17-,19-/m1/s1. The maximum absolute atomic E-state index is 5.83. The molecule has 0 amide bonds. The second-order valence-corrected chi connectivity index (χ2v) is 7.88. The molecule has 3 rings (SSSR count). The van der Waals surface area contributed by atoms with Gasteiger partial charge in [0, 0.05) is 24.5 Å². The fourth-order valence-corrected chi connectivity index (χ4v) is 4.09. The highest BCUT2D eigenvalue weighted by molar-refractivity contribution is 5.39. The molecule has 2 N–H and O–H groups in total. The Balaban J connectivity index is 1.59. The molecule has 1 aliphatic heterocycles. The van der Waals surface area contributed by atoms with E-state index in [9.17, 15) is 0 Å². The predicted octanol–water partition coefficient (Wildman–Crippen LogP) is 3.58. The summed E-state index contributed by atoms with van der Waals surface area (Å²) >= 11 is 0. The summed E-state index contributed by atoms with van der Waals surface area (Å²) in [6, 6.07) is 12.3. The molecule has 0 saturated carbocycles. The van der Waals surface area contributed by atoms with Gasteiger partial charge in [0.2, 0.25) is 0 Å². The third-order valence-electron chi connectivity index (χ3n) is 5.36. The summed E-state index contributed by atoms with van der Waals surface area (Å²) in [5.74, 6) is 2.91. The van der Waals surface area contributed by atoms with Gasteiger partial charge in [-0.05, 0) is 44.9 Å². The predicted molar refractivity (Wildman–Crippen MR) is 103 cm³/mol. The van der Waals surface area contributed by atoms with Crippen LogP contribution in [0.4, 0.5) is 0 Å². The summed E-state index contributed by atoms with van der Waals surface area (Å²) in [5.41, 5.74) is 1.23. The van der Waals surface area contributed by atoms with Crippen LogP contribution in [0.25, 0.3) is 0 Å². The first-order valence-corrected chi connectivity index (χ1v) is 9.71. The molecule has 2 aromatic rings. The number of benzene rings is 1. The van der Waals surface area contributed by atoms with Crippen LogP contribution in [0.5, 0.6) is 5.75 Å². The minimum absolute atomic E-state index is 0.0326. The molecule has 4 heteroatoms. The molecule has 1 saturated heterocycles. The smallest absolute Gasteiger partial charge is 0.122 e. The zero-order chi connectivity index (χ0) is 18.4. The molecule has 2 heterocycles. The molecular weight excluding hydrogens is 326 g/mol. The molecule has 0 spiro atoms. The number of quaternary nitrogens is 1. The first-order chi connectivity index (χ1) is 12.6. The average Bonchev–Trinajstić information content (AvgIpc) is 3.15. The number of nitrogens with two attached hydrogens (primary N) is 1. The topological polar surface area (TPSA) is 48.2 Å². The molecule has 1 aromatic heterocycles. The Hall–Kier alpha value is -1.78. The van der Waals surface area contributed by atoms with E-state index < -0.39 is 0 Å². The largest absolute Gasteiger partial charge is 0.496 e. The highest BCUT2D eigenvalue weighted by Gasteiger charge is 2.29. The fourth-order valence-electron chi connectivity index (χ4n) is 4.09. The quantitative estimate of drug-likeness (QED) is 0.734. The summed E-state index contributed by atoms with van der Waals surface area (Å²) < 4.78 is 17.2. The third-order valence-corrected chi connectivity index (χ3v) is 5.36. The SMILES string of the molecule is COc1ccccc1[C@@H](CC[NH2+]C[C@@H]1CCOC(C)(C)C1)c1ccco1. The fraction of sp³-hybridized carbons (Fsp3) is 0.545. The van der Waals surface area contributed by atoms with Crippen molar-refractivity contribution in [3.63, 3.8) is 0 Å². The van der Waals surface area contributed by atoms with Gasteiger partial charge in [0.05, 0.1) is 38.0 Å². The maximum atomic E-state index is 5.83. The summed E-state index contributed by atoms with van der Waals surface area (Å²) in [7, 11) is 1.73. The highest BCUT2D eigenvalue weighted by Crippen LogP contribution is 2.34. The van der Waals surface area contributed by atoms with Gasteiger partial charge in [0.15, 0.2) is 0 Å². The maximum Gasteiger partial charge on any atom is 0.122 e. The highest BCUT2D eigenvalue weighted by atomic mass is 16.5. The molecule has 4 nitrogen and oxygen atoms in total. The molecule has 0 aliphatic carbocycles. The van der Waals surface area contributed by atoms with Crippen LogP contribution >= 0.6 is 0 Å². The normalized spacial score (nSPS) is 20.7. The number of ether oxygens (including phenoxy) is 2. The Morgan fingerprint density at radius 2 is 2.08 bits per heavy atom. The number of methoxy groups -OCH3 is 1. The van der Waals surface area contributed by atoms with Crippen molar-refractivity contribution in [1.82, 2.24) is 0 Å². The van der Waals surface area contributed by atoms with Gasteiger partial charge >= 0.3 is 0 Å². The molecule has 142 valence electrons. The van der Waals surface area contributed by atoms with Gasteiger partial charge in [0.1, 0.15) is 11.5 Å². The minimum atomic E-state index is 0.0326. The van der Waals surface area contributed by atoms with E-state index in [0.29, 0.717) is 0 Å². The van der Waals surface area contributed by atoms with Crippen molar-refractivity contribution in [2.24, 2.45) is 5.92 Å². The van der Waals surface area contributed by atoms with Crippen molar-refractivity contribution in [1.29, 1.82) is 0 Å². The van der Waals surface area contributed by atoms with Crippen LogP contribution in [-0.4, -0.2) is 32.4 Å². The number of furan rings is 1. The number of para-hydroxylation sites is 1. The van der Waals surface area contributed by atoms with Crippen molar-refractivity contribution in [2.45, 2.75) is 44.6 Å². The van der Waals surface area contributed by atoms with Gasteiger partial charge in [-0.3, -0.25) is 0 Å². The van der Waals surface area contributed by atoms with Gasteiger partial charge < -0.3 is 19.2 Å².